The average molecular weight is 472 g/mol. The molecule has 0 aliphatic carbocycles. The topological polar surface area (TPSA) is 0 Å². The lowest BCUT2D eigenvalue weighted by atomic mass is 9.88. The van der Waals surface area contributed by atoms with E-state index in [-0.39, 0.29) is 12.8 Å². The minimum absolute atomic E-state index is 0.0289. The van der Waals surface area contributed by atoms with Crippen molar-refractivity contribution < 1.29 is 39.5 Å². The van der Waals surface area contributed by atoms with Gasteiger partial charge in [-0.25, -0.2) is 0 Å². The van der Waals surface area contributed by atoms with Crippen molar-refractivity contribution in [2.75, 3.05) is 0 Å². The van der Waals surface area contributed by atoms with Crippen LogP contribution >= 0.6 is 22.6 Å². The first-order valence-electron chi connectivity index (χ1n) is 6.97. The molecule has 23 heavy (non-hydrogen) atoms. The predicted molar refractivity (Wildman–Crippen MR) is 76.7 cm³/mol. The van der Waals surface area contributed by atoms with Gasteiger partial charge in [-0.1, -0.05) is 55.7 Å². The van der Waals surface area contributed by atoms with Gasteiger partial charge in [-0.15, -0.1) is 0 Å². The van der Waals surface area contributed by atoms with Gasteiger partial charge >= 0.3 is 23.9 Å². The summed E-state index contributed by atoms with van der Waals surface area (Å²) in [5.41, 5.74) is 0. The molecule has 0 saturated carbocycles. The van der Waals surface area contributed by atoms with E-state index in [1.807, 2.05) is 6.92 Å². The fourth-order valence-corrected chi connectivity index (χ4v) is 2.86. The Morgan fingerprint density at radius 2 is 1.22 bits per heavy atom. The molecule has 0 bridgehead atoms. The molecule has 0 N–H and O–H groups in total. The molecule has 0 radical (unpaired) electrons. The van der Waals surface area contributed by atoms with Crippen LogP contribution in [0.3, 0.4) is 0 Å². The maximum Gasteiger partial charge on any atom is 0.460 e. The predicted octanol–water partition coefficient (Wildman–Crippen LogP) is 7.01. The highest BCUT2D eigenvalue weighted by Gasteiger charge is 2.81. The summed E-state index contributed by atoms with van der Waals surface area (Å²) in [5.74, 6) is -18.8. The van der Waals surface area contributed by atoms with Gasteiger partial charge < -0.3 is 0 Å². The Bertz CT molecular complexity index is 378. The molecule has 0 heterocycles. The second-order valence-corrected chi connectivity index (χ2v) is 7.78. The number of unbranched alkanes of at least 4 members (excludes halogenated alkanes) is 2. The Balaban J connectivity index is 5.44. The fraction of sp³-hybridized carbons (Fsp3) is 1.00. The molecular weight excluding hydrogens is 454 g/mol. The van der Waals surface area contributed by atoms with Crippen LogP contribution < -0.4 is 0 Å². The van der Waals surface area contributed by atoms with Crippen LogP contribution in [0.1, 0.15) is 52.4 Å². The third kappa shape index (κ3) is 5.04. The first-order valence-corrected chi connectivity index (χ1v) is 8.05. The standard InChI is InChI=1S/C13H18F9I/c1-3-5-6-7-9(23,4-2)8-10(14,15)11(16,17)12(18,19)13(20,21)22/h3-8H2,1-2H3. The van der Waals surface area contributed by atoms with Crippen LogP contribution in [-0.2, 0) is 0 Å². The normalized spacial score (nSPS) is 17.2. The Morgan fingerprint density at radius 3 is 1.57 bits per heavy atom. The van der Waals surface area contributed by atoms with E-state index in [9.17, 15) is 39.5 Å². The average Bonchev–Trinajstić information content (AvgIpc) is 2.36. The van der Waals surface area contributed by atoms with Crippen molar-refractivity contribution in [3.63, 3.8) is 0 Å². The first kappa shape index (κ1) is 23.1. The van der Waals surface area contributed by atoms with Crippen LogP contribution in [0.25, 0.3) is 0 Å². The zero-order valence-corrected chi connectivity index (χ0v) is 14.7. The molecule has 0 aliphatic rings. The molecule has 0 spiro atoms. The molecule has 10 heteroatoms. The summed E-state index contributed by atoms with van der Waals surface area (Å²) in [6, 6.07) is 0. The molecule has 0 rings (SSSR count). The Labute approximate surface area is 142 Å². The molecular formula is C13H18F9I. The Kier molecular flexibility index (Phi) is 7.58. The highest BCUT2D eigenvalue weighted by atomic mass is 127. The van der Waals surface area contributed by atoms with Crippen molar-refractivity contribution in [1.29, 1.82) is 0 Å². The van der Waals surface area contributed by atoms with Crippen LogP contribution in [-0.4, -0.2) is 27.4 Å². The van der Waals surface area contributed by atoms with Gasteiger partial charge in [-0.05, 0) is 12.8 Å². The van der Waals surface area contributed by atoms with E-state index >= 15 is 0 Å². The van der Waals surface area contributed by atoms with Crippen molar-refractivity contribution in [3.05, 3.63) is 0 Å². The lowest BCUT2D eigenvalue weighted by Gasteiger charge is -2.38. The maximum absolute atomic E-state index is 13.7. The number of hydrogen-bond donors (Lipinski definition) is 0. The van der Waals surface area contributed by atoms with Gasteiger partial charge in [-0.3, -0.25) is 0 Å². The molecule has 140 valence electrons. The minimum Gasteiger partial charge on any atom is -0.200 e. The van der Waals surface area contributed by atoms with E-state index in [1.165, 1.54) is 29.5 Å². The van der Waals surface area contributed by atoms with E-state index in [0.29, 0.717) is 12.8 Å². The molecule has 0 fully saturated rings. The molecule has 0 amide bonds. The third-order valence-corrected chi connectivity index (χ3v) is 5.29. The van der Waals surface area contributed by atoms with Crippen molar-refractivity contribution >= 4 is 22.6 Å². The number of hydrogen-bond acceptors (Lipinski definition) is 0. The second-order valence-electron chi connectivity index (χ2n) is 5.49. The van der Waals surface area contributed by atoms with Crippen LogP contribution in [0.2, 0.25) is 0 Å². The molecule has 0 aromatic rings. The highest BCUT2D eigenvalue weighted by Crippen LogP contribution is 2.56. The van der Waals surface area contributed by atoms with Crippen LogP contribution in [0.15, 0.2) is 0 Å². The van der Waals surface area contributed by atoms with Gasteiger partial charge in [0.15, 0.2) is 0 Å². The summed E-state index contributed by atoms with van der Waals surface area (Å²) in [4.78, 5) is 0. The van der Waals surface area contributed by atoms with E-state index in [4.69, 9.17) is 0 Å². The van der Waals surface area contributed by atoms with Crippen LogP contribution in [0.5, 0.6) is 0 Å². The van der Waals surface area contributed by atoms with Gasteiger partial charge in [0.25, 0.3) is 0 Å². The van der Waals surface area contributed by atoms with Crippen molar-refractivity contribution in [2.24, 2.45) is 0 Å². The van der Waals surface area contributed by atoms with Gasteiger partial charge in [0.2, 0.25) is 0 Å². The van der Waals surface area contributed by atoms with Gasteiger partial charge in [-0.2, -0.15) is 39.5 Å². The smallest absolute Gasteiger partial charge is 0.200 e. The summed E-state index contributed by atoms with van der Waals surface area (Å²) in [6.07, 6.45) is -6.81. The highest BCUT2D eigenvalue weighted by molar-refractivity contribution is 14.1. The van der Waals surface area contributed by atoms with Gasteiger partial charge in [0.1, 0.15) is 0 Å². The number of alkyl halides is 10. The lowest BCUT2D eigenvalue weighted by Crippen LogP contribution is -2.62. The lowest BCUT2D eigenvalue weighted by molar-refractivity contribution is -0.397. The number of rotatable bonds is 9. The van der Waals surface area contributed by atoms with Gasteiger partial charge in [0.05, 0.1) is 0 Å². The van der Waals surface area contributed by atoms with E-state index in [1.54, 1.807) is 0 Å². The summed E-state index contributed by atoms with van der Waals surface area (Å²) < 4.78 is 114. The maximum atomic E-state index is 13.7. The first-order chi connectivity index (χ1) is 10.1. The molecule has 1 atom stereocenters. The largest absolute Gasteiger partial charge is 0.460 e. The van der Waals surface area contributed by atoms with Crippen LogP contribution in [0.4, 0.5) is 39.5 Å². The molecule has 1 unspecified atom stereocenters. The zero-order chi connectivity index (χ0) is 18.7. The molecule has 0 aliphatic heterocycles. The van der Waals surface area contributed by atoms with E-state index in [2.05, 4.69) is 0 Å². The van der Waals surface area contributed by atoms with E-state index in [0.717, 1.165) is 6.42 Å². The molecule has 0 nitrogen and oxygen atoms in total. The Morgan fingerprint density at radius 1 is 0.739 bits per heavy atom. The summed E-state index contributed by atoms with van der Waals surface area (Å²) in [5, 5.41) is 0. The van der Waals surface area contributed by atoms with E-state index < -0.39 is 33.8 Å². The minimum atomic E-state index is -6.81. The van der Waals surface area contributed by atoms with Crippen molar-refractivity contribution in [3.8, 4) is 0 Å². The molecule has 0 saturated heterocycles. The second kappa shape index (κ2) is 7.55. The van der Waals surface area contributed by atoms with Crippen molar-refractivity contribution in [2.45, 2.75) is 79.7 Å². The summed E-state index contributed by atoms with van der Waals surface area (Å²) in [7, 11) is 0. The molecule has 0 aromatic heterocycles. The number of halogens is 10. The Hall–Kier alpha value is 0.1000. The van der Waals surface area contributed by atoms with Crippen molar-refractivity contribution in [1.82, 2.24) is 0 Å². The third-order valence-electron chi connectivity index (χ3n) is 3.61. The molecule has 0 aromatic carbocycles. The summed E-state index contributed by atoms with van der Waals surface area (Å²) >= 11 is 1.45. The zero-order valence-electron chi connectivity index (χ0n) is 12.5. The monoisotopic (exact) mass is 472 g/mol. The van der Waals surface area contributed by atoms with Gasteiger partial charge in [0, 0.05) is 9.84 Å². The quantitative estimate of drug-likeness (QED) is 0.147. The summed E-state index contributed by atoms with van der Waals surface area (Å²) in [6.45, 7) is 3.21. The van der Waals surface area contributed by atoms with Crippen LogP contribution in [0, 0.1) is 0 Å². The SMILES string of the molecule is CCCCCC(I)(CC)CC(F)(F)C(F)(F)C(F)(F)C(F)(F)F. The fourth-order valence-electron chi connectivity index (χ4n) is 2.00.